The molecule has 6 nitrogen and oxygen atoms in total. The van der Waals surface area contributed by atoms with E-state index >= 15 is 0 Å². The zero-order chi connectivity index (χ0) is 13.6. The van der Waals surface area contributed by atoms with Gasteiger partial charge in [-0.05, 0) is 18.7 Å². The highest BCUT2D eigenvalue weighted by Gasteiger charge is 2.27. The minimum Gasteiger partial charge on any atom is -0.464 e. The van der Waals surface area contributed by atoms with Crippen molar-refractivity contribution in [1.29, 1.82) is 0 Å². The van der Waals surface area contributed by atoms with Gasteiger partial charge in [0.05, 0.1) is 6.61 Å². The van der Waals surface area contributed by atoms with E-state index in [1.165, 1.54) is 0 Å². The molecular weight excluding hydrogens is 271 g/mol. The maximum Gasteiger partial charge on any atom is 0.441 e. The van der Waals surface area contributed by atoms with Gasteiger partial charge < -0.3 is 15.8 Å². The van der Waals surface area contributed by atoms with Crippen molar-refractivity contribution in [2.45, 2.75) is 12.4 Å². The molecule has 18 heavy (non-hydrogen) atoms. The van der Waals surface area contributed by atoms with E-state index in [1.807, 2.05) is 0 Å². The predicted molar refractivity (Wildman–Crippen MR) is 62.4 cm³/mol. The lowest BCUT2D eigenvalue weighted by molar-refractivity contribution is -0.0327. The standard InChI is InChI=1S/C8H12F3N5OS/c1-2-17-7-15-5(12)14-6(16-7)13-3-4-18-8(9,10)11/h2-4H2,1H3,(H3,12,13,14,15,16). The van der Waals surface area contributed by atoms with E-state index in [-0.39, 0.29) is 42.0 Å². The number of thioether (sulfide) groups is 1. The van der Waals surface area contributed by atoms with Crippen molar-refractivity contribution >= 4 is 23.7 Å². The summed E-state index contributed by atoms with van der Waals surface area (Å²) in [6, 6.07) is 0.0379. The Morgan fingerprint density at radius 1 is 1.33 bits per heavy atom. The number of ether oxygens (including phenoxy) is 1. The van der Waals surface area contributed by atoms with Gasteiger partial charge in [0, 0.05) is 12.3 Å². The van der Waals surface area contributed by atoms with Crippen LogP contribution in [0.3, 0.4) is 0 Å². The molecule has 1 aromatic heterocycles. The van der Waals surface area contributed by atoms with Gasteiger partial charge in [0.2, 0.25) is 11.9 Å². The molecule has 0 aliphatic carbocycles. The lowest BCUT2D eigenvalue weighted by Crippen LogP contribution is -2.13. The summed E-state index contributed by atoms with van der Waals surface area (Å²) in [7, 11) is 0. The molecule has 0 fully saturated rings. The van der Waals surface area contributed by atoms with Crippen LogP contribution in [0.2, 0.25) is 0 Å². The number of rotatable bonds is 6. The molecule has 3 N–H and O–H groups in total. The predicted octanol–water partition coefficient (Wildman–Crippen LogP) is 1.52. The first-order valence-electron chi connectivity index (χ1n) is 4.99. The third-order valence-corrected chi connectivity index (χ3v) is 2.29. The third-order valence-electron chi connectivity index (χ3n) is 1.56. The number of nitrogens with one attached hydrogen (secondary N) is 1. The quantitative estimate of drug-likeness (QED) is 0.765. The third kappa shape index (κ3) is 5.75. The summed E-state index contributed by atoms with van der Waals surface area (Å²) in [6.45, 7) is 2.15. The molecule has 1 aromatic rings. The first-order chi connectivity index (χ1) is 8.40. The van der Waals surface area contributed by atoms with Crippen LogP contribution in [0, 0.1) is 0 Å². The summed E-state index contributed by atoms with van der Waals surface area (Å²) in [6.07, 6.45) is 0. The van der Waals surface area contributed by atoms with Crippen molar-refractivity contribution in [2.75, 3.05) is 30.0 Å². The summed E-state index contributed by atoms with van der Waals surface area (Å²) < 4.78 is 40.6. The second kappa shape index (κ2) is 6.47. The molecule has 102 valence electrons. The topological polar surface area (TPSA) is 86.0 Å². The van der Waals surface area contributed by atoms with E-state index in [4.69, 9.17) is 10.5 Å². The molecule has 0 saturated carbocycles. The summed E-state index contributed by atoms with van der Waals surface area (Å²) in [4.78, 5) is 11.3. The van der Waals surface area contributed by atoms with E-state index in [0.29, 0.717) is 6.61 Å². The van der Waals surface area contributed by atoms with Crippen LogP contribution in [0.4, 0.5) is 25.1 Å². The fraction of sp³-hybridized carbons (Fsp3) is 0.625. The molecule has 0 radical (unpaired) electrons. The Hall–Kier alpha value is -1.45. The van der Waals surface area contributed by atoms with E-state index in [0.717, 1.165) is 0 Å². The van der Waals surface area contributed by atoms with Gasteiger partial charge in [-0.15, -0.1) is 0 Å². The second-order valence-electron chi connectivity index (χ2n) is 2.95. The van der Waals surface area contributed by atoms with Crippen LogP contribution in [0.1, 0.15) is 6.92 Å². The van der Waals surface area contributed by atoms with Crippen LogP contribution in [-0.2, 0) is 0 Å². The fourth-order valence-electron chi connectivity index (χ4n) is 0.974. The SMILES string of the molecule is CCOc1nc(N)nc(NCCSC(F)(F)F)n1. The molecule has 0 bridgehead atoms. The monoisotopic (exact) mass is 283 g/mol. The summed E-state index contributed by atoms with van der Waals surface area (Å²) in [5.74, 6) is -0.118. The highest BCUT2D eigenvalue weighted by Crippen LogP contribution is 2.29. The Morgan fingerprint density at radius 2 is 2.06 bits per heavy atom. The lowest BCUT2D eigenvalue weighted by Gasteiger charge is -2.08. The average Bonchev–Trinajstić information content (AvgIpc) is 2.23. The molecule has 0 aliphatic rings. The first kappa shape index (κ1) is 14.6. The zero-order valence-electron chi connectivity index (χ0n) is 9.49. The summed E-state index contributed by atoms with van der Waals surface area (Å²) in [5, 5.41) is 2.61. The molecule has 0 atom stereocenters. The summed E-state index contributed by atoms with van der Waals surface area (Å²) >= 11 is -0.125. The molecular formula is C8H12F3N5OS. The second-order valence-corrected chi connectivity index (χ2v) is 4.11. The molecule has 0 saturated heterocycles. The number of nitrogens with zero attached hydrogens (tertiary/aromatic N) is 3. The van der Waals surface area contributed by atoms with Gasteiger partial charge in [0.15, 0.2) is 0 Å². The van der Waals surface area contributed by atoms with Gasteiger partial charge in [-0.2, -0.15) is 28.1 Å². The first-order valence-corrected chi connectivity index (χ1v) is 5.98. The van der Waals surface area contributed by atoms with Gasteiger partial charge in [0.25, 0.3) is 0 Å². The Morgan fingerprint density at radius 3 is 2.67 bits per heavy atom. The lowest BCUT2D eigenvalue weighted by atomic mass is 10.7. The number of halogens is 3. The Kier molecular flexibility index (Phi) is 5.25. The molecule has 1 heterocycles. The molecule has 10 heteroatoms. The summed E-state index contributed by atoms with van der Waals surface area (Å²) in [5.41, 5.74) is 1.16. The maximum absolute atomic E-state index is 11.9. The average molecular weight is 283 g/mol. The van der Waals surface area contributed by atoms with Crippen molar-refractivity contribution in [2.24, 2.45) is 0 Å². The van der Waals surface area contributed by atoms with Gasteiger partial charge >= 0.3 is 11.5 Å². The number of nitrogen functional groups attached to an aromatic ring is 1. The van der Waals surface area contributed by atoms with Crippen LogP contribution in [-0.4, -0.2) is 39.4 Å². The van der Waals surface area contributed by atoms with E-state index in [9.17, 15) is 13.2 Å². The van der Waals surface area contributed by atoms with E-state index < -0.39 is 5.51 Å². The van der Waals surface area contributed by atoms with Gasteiger partial charge in [-0.25, -0.2) is 0 Å². The number of anilines is 2. The van der Waals surface area contributed by atoms with E-state index in [2.05, 4.69) is 20.3 Å². The number of nitrogens with two attached hydrogens (primary N) is 1. The minimum absolute atomic E-state index is 0.0379. The van der Waals surface area contributed by atoms with Crippen molar-refractivity contribution < 1.29 is 17.9 Å². The Bertz CT molecular complexity index is 389. The normalized spacial score (nSPS) is 11.3. The molecule has 1 rings (SSSR count). The number of aromatic nitrogens is 3. The number of hydrogen-bond donors (Lipinski definition) is 2. The molecule has 0 aliphatic heterocycles. The molecule has 0 aromatic carbocycles. The van der Waals surface area contributed by atoms with Crippen LogP contribution in [0.15, 0.2) is 0 Å². The van der Waals surface area contributed by atoms with E-state index in [1.54, 1.807) is 6.92 Å². The van der Waals surface area contributed by atoms with Gasteiger partial charge in [-0.3, -0.25) is 0 Å². The highest BCUT2D eigenvalue weighted by molar-refractivity contribution is 8.00. The van der Waals surface area contributed by atoms with Crippen molar-refractivity contribution in [3.05, 3.63) is 0 Å². The van der Waals surface area contributed by atoms with Crippen LogP contribution < -0.4 is 15.8 Å². The fourth-order valence-corrected chi connectivity index (χ4v) is 1.41. The van der Waals surface area contributed by atoms with Gasteiger partial charge in [0.1, 0.15) is 0 Å². The van der Waals surface area contributed by atoms with Crippen molar-refractivity contribution in [3.8, 4) is 6.01 Å². The zero-order valence-corrected chi connectivity index (χ0v) is 10.3. The minimum atomic E-state index is -4.24. The highest BCUT2D eigenvalue weighted by atomic mass is 32.2. The van der Waals surface area contributed by atoms with Crippen molar-refractivity contribution in [1.82, 2.24) is 15.0 Å². The number of alkyl halides is 3. The maximum atomic E-state index is 11.9. The largest absolute Gasteiger partial charge is 0.464 e. The molecule has 0 unspecified atom stereocenters. The van der Waals surface area contributed by atoms with Crippen LogP contribution >= 0.6 is 11.8 Å². The van der Waals surface area contributed by atoms with Crippen molar-refractivity contribution in [3.63, 3.8) is 0 Å². The Labute approximate surface area is 106 Å². The Balaban J connectivity index is 2.46. The molecule has 0 amide bonds. The van der Waals surface area contributed by atoms with Crippen LogP contribution in [0.5, 0.6) is 6.01 Å². The molecule has 0 spiro atoms. The van der Waals surface area contributed by atoms with Gasteiger partial charge in [-0.1, -0.05) is 0 Å². The van der Waals surface area contributed by atoms with Crippen LogP contribution in [0.25, 0.3) is 0 Å². The smallest absolute Gasteiger partial charge is 0.441 e. The number of hydrogen-bond acceptors (Lipinski definition) is 7.